The third-order valence-corrected chi connectivity index (χ3v) is 1.61. The van der Waals surface area contributed by atoms with E-state index in [0.29, 0.717) is 6.07 Å². The van der Waals surface area contributed by atoms with Crippen molar-refractivity contribution in [2.75, 3.05) is 0 Å². The molecule has 82 valence electrons. The van der Waals surface area contributed by atoms with Gasteiger partial charge in [-0.1, -0.05) is 11.8 Å². The highest BCUT2D eigenvalue weighted by atomic mass is 19.4. The van der Waals surface area contributed by atoms with Gasteiger partial charge in [-0.05, 0) is 6.07 Å². The zero-order valence-corrected chi connectivity index (χ0v) is 7.85. The van der Waals surface area contributed by atoms with E-state index in [1.165, 1.54) is 0 Å². The number of halogens is 3. The number of hydrogen-bond donors (Lipinski definition) is 1. The van der Waals surface area contributed by atoms with Gasteiger partial charge in [0, 0.05) is 11.8 Å². The lowest BCUT2D eigenvalue weighted by Gasteiger charge is -2.04. The topological polar surface area (TPSA) is 56.6 Å². The van der Waals surface area contributed by atoms with Gasteiger partial charge >= 0.3 is 6.18 Å². The Bertz CT molecular complexity index is 540. The summed E-state index contributed by atoms with van der Waals surface area (Å²) in [6.07, 6.45) is -3.72. The first kappa shape index (κ1) is 11.9. The molecule has 6 heteroatoms. The number of hydrogen-bond acceptors (Lipinski definition) is 2. The maximum atomic E-state index is 12.3. The van der Waals surface area contributed by atoms with Gasteiger partial charge in [0.25, 0.3) is 5.56 Å². The van der Waals surface area contributed by atoms with Crippen molar-refractivity contribution in [3.63, 3.8) is 0 Å². The third-order valence-electron chi connectivity index (χ3n) is 1.61. The van der Waals surface area contributed by atoms with Crippen LogP contribution in [0, 0.1) is 23.2 Å². The first-order valence-electron chi connectivity index (χ1n) is 4.11. The zero-order valence-electron chi connectivity index (χ0n) is 7.85. The number of alkyl halides is 3. The predicted octanol–water partition coefficient (Wildman–Crippen LogP) is 1.66. The van der Waals surface area contributed by atoms with E-state index in [-0.39, 0.29) is 12.0 Å². The number of nitrogens with one attached hydrogen (secondary N) is 1. The second kappa shape index (κ2) is 4.54. The summed E-state index contributed by atoms with van der Waals surface area (Å²) in [6.45, 7) is 0. The van der Waals surface area contributed by atoms with E-state index in [2.05, 4.69) is 11.8 Å². The molecule has 1 N–H and O–H groups in total. The normalized spacial score (nSPS) is 10.1. The van der Waals surface area contributed by atoms with Crippen LogP contribution >= 0.6 is 0 Å². The van der Waals surface area contributed by atoms with Crippen LogP contribution in [0.15, 0.2) is 17.1 Å². The van der Waals surface area contributed by atoms with Crippen LogP contribution in [0.2, 0.25) is 0 Å². The lowest BCUT2D eigenvalue weighted by Crippen LogP contribution is -2.21. The standard InChI is InChI=1S/C10H5F3N2O/c11-10(12,13)8-5-7(3-1-2-4-14)6-15-9(8)16/h5-6H,2H2,(H,15,16). The molecule has 0 atom stereocenters. The molecule has 1 aromatic heterocycles. The van der Waals surface area contributed by atoms with Crippen molar-refractivity contribution in [1.82, 2.24) is 4.98 Å². The number of rotatable bonds is 0. The Balaban J connectivity index is 3.16. The summed E-state index contributed by atoms with van der Waals surface area (Å²) in [6, 6.07) is 2.38. The Morgan fingerprint density at radius 2 is 2.12 bits per heavy atom. The SMILES string of the molecule is N#CCC#Cc1c[nH]c(=O)c(C(F)(F)F)c1. The van der Waals surface area contributed by atoms with Crippen molar-refractivity contribution in [2.24, 2.45) is 0 Å². The molecule has 0 aliphatic carbocycles. The van der Waals surface area contributed by atoms with Gasteiger partial charge in [0.2, 0.25) is 0 Å². The van der Waals surface area contributed by atoms with E-state index in [4.69, 9.17) is 5.26 Å². The average molecular weight is 226 g/mol. The summed E-state index contributed by atoms with van der Waals surface area (Å²) in [7, 11) is 0. The second-order valence-electron chi connectivity index (χ2n) is 2.77. The molecule has 0 saturated carbocycles. The molecule has 0 saturated heterocycles. The van der Waals surface area contributed by atoms with Gasteiger partial charge in [-0.3, -0.25) is 4.79 Å². The van der Waals surface area contributed by atoms with Gasteiger partial charge in [-0.2, -0.15) is 18.4 Å². The van der Waals surface area contributed by atoms with Crippen LogP contribution in [-0.2, 0) is 6.18 Å². The number of H-pyrrole nitrogens is 1. The fraction of sp³-hybridized carbons (Fsp3) is 0.200. The number of aromatic nitrogens is 1. The summed E-state index contributed by atoms with van der Waals surface area (Å²) in [4.78, 5) is 12.8. The molecule has 16 heavy (non-hydrogen) atoms. The van der Waals surface area contributed by atoms with Crippen LogP contribution in [0.4, 0.5) is 13.2 Å². The molecule has 1 heterocycles. The summed E-state index contributed by atoms with van der Waals surface area (Å²) >= 11 is 0. The van der Waals surface area contributed by atoms with Gasteiger partial charge in [-0.25, -0.2) is 0 Å². The van der Waals surface area contributed by atoms with E-state index in [1.54, 1.807) is 6.07 Å². The van der Waals surface area contributed by atoms with Crippen molar-refractivity contribution in [1.29, 1.82) is 5.26 Å². The fourth-order valence-corrected chi connectivity index (χ4v) is 0.952. The fourth-order valence-electron chi connectivity index (χ4n) is 0.952. The second-order valence-corrected chi connectivity index (χ2v) is 2.77. The molecule has 1 rings (SSSR count). The molecule has 0 unspecified atom stereocenters. The smallest absolute Gasteiger partial charge is 0.327 e. The van der Waals surface area contributed by atoms with Gasteiger partial charge in [0.15, 0.2) is 0 Å². The number of aromatic amines is 1. The van der Waals surface area contributed by atoms with Crippen molar-refractivity contribution >= 4 is 0 Å². The molecule has 0 amide bonds. The molecule has 0 aliphatic heterocycles. The largest absolute Gasteiger partial charge is 0.421 e. The molecule has 0 bridgehead atoms. The minimum atomic E-state index is -4.71. The Hall–Kier alpha value is -2.21. The molecule has 0 spiro atoms. The Labute approximate surface area is 88.5 Å². The van der Waals surface area contributed by atoms with Crippen LogP contribution in [0.3, 0.4) is 0 Å². The Morgan fingerprint density at radius 1 is 1.44 bits per heavy atom. The van der Waals surface area contributed by atoms with E-state index < -0.39 is 17.3 Å². The lowest BCUT2D eigenvalue weighted by atomic mass is 10.2. The molecule has 1 aromatic rings. The van der Waals surface area contributed by atoms with Crippen molar-refractivity contribution in [3.8, 4) is 17.9 Å². The monoisotopic (exact) mass is 226 g/mol. The maximum absolute atomic E-state index is 12.3. The molecule has 0 radical (unpaired) electrons. The summed E-state index contributed by atoms with van der Waals surface area (Å²) in [5, 5.41) is 8.18. The first-order chi connectivity index (χ1) is 7.45. The quantitative estimate of drug-likeness (QED) is 0.684. The Morgan fingerprint density at radius 3 is 2.69 bits per heavy atom. The summed E-state index contributed by atoms with van der Waals surface area (Å²) < 4.78 is 36.9. The number of nitrogens with zero attached hydrogens (tertiary/aromatic N) is 1. The average Bonchev–Trinajstić information content (AvgIpc) is 2.19. The molecule has 0 aliphatic rings. The Kier molecular flexibility index (Phi) is 3.37. The van der Waals surface area contributed by atoms with Crippen LogP contribution in [0.5, 0.6) is 0 Å². The maximum Gasteiger partial charge on any atom is 0.421 e. The highest BCUT2D eigenvalue weighted by Crippen LogP contribution is 2.26. The third kappa shape index (κ3) is 2.89. The molecular formula is C10H5F3N2O. The lowest BCUT2D eigenvalue weighted by molar-refractivity contribution is -0.138. The van der Waals surface area contributed by atoms with Gasteiger partial charge < -0.3 is 4.98 Å². The number of nitriles is 1. The van der Waals surface area contributed by atoms with Crippen LogP contribution < -0.4 is 5.56 Å². The van der Waals surface area contributed by atoms with E-state index in [1.807, 2.05) is 4.98 Å². The highest BCUT2D eigenvalue weighted by Gasteiger charge is 2.33. The molecular weight excluding hydrogens is 221 g/mol. The van der Waals surface area contributed by atoms with E-state index in [9.17, 15) is 18.0 Å². The molecule has 0 fully saturated rings. The minimum absolute atomic E-state index is 0.0159. The molecule has 3 nitrogen and oxygen atoms in total. The van der Waals surface area contributed by atoms with Crippen LogP contribution in [-0.4, -0.2) is 4.98 Å². The van der Waals surface area contributed by atoms with Crippen molar-refractivity contribution in [3.05, 3.63) is 33.7 Å². The predicted molar refractivity (Wildman–Crippen MR) is 49.2 cm³/mol. The van der Waals surface area contributed by atoms with Gasteiger partial charge in [0.1, 0.15) is 5.56 Å². The number of pyridine rings is 1. The summed E-state index contributed by atoms with van der Waals surface area (Å²) in [5.74, 6) is 4.69. The van der Waals surface area contributed by atoms with E-state index >= 15 is 0 Å². The first-order valence-corrected chi connectivity index (χ1v) is 4.11. The highest BCUT2D eigenvalue weighted by molar-refractivity contribution is 5.35. The van der Waals surface area contributed by atoms with Gasteiger partial charge in [0.05, 0.1) is 12.5 Å². The zero-order chi connectivity index (χ0) is 12.2. The van der Waals surface area contributed by atoms with Crippen molar-refractivity contribution in [2.45, 2.75) is 12.6 Å². The molecule has 0 aromatic carbocycles. The van der Waals surface area contributed by atoms with Crippen LogP contribution in [0.1, 0.15) is 17.5 Å². The van der Waals surface area contributed by atoms with Gasteiger partial charge in [-0.15, -0.1) is 0 Å². The minimum Gasteiger partial charge on any atom is -0.327 e. The van der Waals surface area contributed by atoms with E-state index in [0.717, 1.165) is 6.20 Å². The van der Waals surface area contributed by atoms with Crippen LogP contribution in [0.25, 0.3) is 0 Å². The summed E-state index contributed by atoms with van der Waals surface area (Å²) in [5.41, 5.74) is -2.49. The van der Waals surface area contributed by atoms with Crippen molar-refractivity contribution < 1.29 is 13.2 Å².